The van der Waals surface area contributed by atoms with Crippen molar-refractivity contribution in [3.05, 3.63) is 52.2 Å². The van der Waals surface area contributed by atoms with Gasteiger partial charge in [0, 0.05) is 17.6 Å². The summed E-state index contributed by atoms with van der Waals surface area (Å²) in [6.07, 6.45) is 0. The van der Waals surface area contributed by atoms with Gasteiger partial charge in [-0.3, -0.25) is 9.59 Å². The van der Waals surface area contributed by atoms with Crippen molar-refractivity contribution >= 4 is 40.6 Å². The molecule has 0 aliphatic carbocycles. The summed E-state index contributed by atoms with van der Waals surface area (Å²) in [5, 5.41) is 4.60. The van der Waals surface area contributed by atoms with Crippen LogP contribution >= 0.6 is 23.1 Å². The molecule has 0 spiro atoms. The van der Waals surface area contributed by atoms with Crippen molar-refractivity contribution in [2.24, 2.45) is 0 Å². The summed E-state index contributed by atoms with van der Waals surface area (Å²) >= 11 is 2.99. The minimum Gasteiger partial charge on any atom is -0.340 e. The molecule has 0 saturated carbocycles. The Balaban J connectivity index is 1.76. The van der Waals surface area contributed by atoms with Crippen molar-refractivity contribution in [1.29, 1.82) is 0 Å². The number of carbonyl (C=O) groups excluding carboxylic acids is 2. The summed E-state index contributed by atoms with van der Waals surface area (Å²) in [5.41, 5.74) is 1.93. The van der Waals surface area contributed by atoms with Crippen LogP contribution in [0.1, 0.15) is 17.4 Å². The van der Waals surface area contributed by atoms with E-state index < -0.39 is 0 Å². The number of benzene rings is 1. The van der Waals surface area contributed by atoms with Gasteiger partial charge < -0.3 is 10.2 Å². The van der Waals surface area contributed by atoms with Gasteiger partial charge in [-0.15, -0.1) is 23.1 Å². The second kappa shape index (κ2) is 8.89. The number of rotatable bonds is 7. The number of nitrogens with one attached hydrogen (secondary N) is 1. The molecule has 0 fully saturated rings. The number of hydrogen-bond acceptors (Lipinski definition) is 4. The molecule has 1 heterocycles. The molecular formula is C18H22N2O2S2. The van der Waals surface area contributed by atoms with Gasteiger partial charge in [0.2, 0.25) is 11.8 Å². The summed E-state index contributed by atoms with van der Waals surface area (Å²) in [6, 6.07) is 11.7. The number of thiophene rings is 1. The smallest absolute Gasteiger partial charge is 0.235 e. The van der Waals surface area contributed by atoms with Crippen molar-refractivity contribution in [2.45, 2.75) is 25.6 Å². The van der Waals surface area contributed by atoms with E-state index in [9.17, 15) is 9.59 Å². The standard InChI is InChI=1S/C18H22N2O2S2/c1-13-6-8-15(9-7-13)19-17(21)12-24-14(2)18(22)20(3)11-16-5-4-10-23-16/h4-10,14H,11-12H2,1-3H3,(H,19,21). The van der Waals surface area contributed by atoms with E-state index in [2.05, 4.69) is 5.32 Å². The Kier molecular flexibility index (Phi) is 6.87. The van der Waals surface area contributed by atoms with Crippen LogP contribution in [0.3, 0.4) is 0 Å². The summed E-state index contributed by atoms with van der Waals surface area (Å²) in [6.45, 7) is 4.45. The second-order valence-corrected chi connectivity index (χ2v) is 8.00. The van der Waals surface area contributed by atoms with Gasteiger partial charge in [0.15, 0.2) is 0 Å². The molecule has 0 aliphatic heterocycles. The number of nitrogens with zero attached hydrogens (tertiary/aromatic N) is 1. The predicted octanol–water partition coefficient (Wildman–Crippen LogP) is 3.78. The van der Waals surface area contributed by atoms with Crippen LogP contribution in [0.4, 0.5) is 5.69 Å². The Hall–Kier alpha value is -1.79. The van der Waals surface area contributed by atoms with Gasteiger partial charge in [-0.25, -0.2) is 0 Å². The molecule has 4 nitrogen and oxygen atoms in total. The SMILES string of the molecule is Cc1ccc(NC(=O)CSC(C)C(=O)N(C)Cc2cccs2)cc1. The number of aryl methyl sites for hydroxylation is 1. The predicted molar refractivity (Wildman–Crippen MR) is 103 cm³/mol. The van der Waals surface area contributed by atoms with E-state index in [1.165, 1.54) is 11.8 Å². The molecule has 6 heteroatoms. The third-order valence-corrected chi connectivity index (χ3v) is 5.49. The van der Waals surface area contributed by atoms with E-state index in [1.807, 2.05) is 55.6 Å². The van der Waals surface area contributed by atoms with E-state index in [-0.39, 0.29) is 22.8 Å². The molecule has 1 aromatic carbocycles. The zero-order chi connectivity index (χ0) is 17.5. The molecule has 1 unspecified atom stereocenters. The first-order valence-electron chi connectivity index (χ1n) is 7.71. The Morgan fingerprint density at radius 3 is 2.58 bits per heavy atom. The van der Waals surface area contributed by atoms with Crippen LogP contribution in [0.25, 0.3) is 0 Å². The van der Waals surface area contributed by atoms with Crippen molar-refractivity contribution in [2.75, 3.05) is 18.1 Å². The highest BCUT2D eigenvalue weighted by Crippen LogP contribution is 2.17. The van der Waals surface area contributed by atoms with Crippen LogP contribution in [0.2, 0.25) is 0 Å². The highest BCUT2D eigenvalue weighted by Gasteiger charge is 2.19. The monoisotopic (exact) mass is 362 g/mol. The Morgan fingerprint density at radius 2 is 1.96 bits per heavy atom. The lowest BCUT2D eigenvalue weighted by Crippen LogP contribution is -2.33. The lowest BCUT2D eigenvalue weighted by Gasteiger charge is -2.20. The fraction of sp³-hybridized carbons (Fsp3) is 0.333. The van der Waals surface area contributed by atoms with Crippen molar-refractivity contribution < 1.29 is 9.59 Å². The molecule has 1 N–H and O–H groups in total. The van der Waals surface area contributed by atoms with E-state index in [1.54, 1.807) is 23.3 Å². The first-order valence-corrected chi connectivity index (χ1v) is 9.64. The zero-order valence-electron chi connectivity index (χ0n) is 14.1. The lowest BCUT2D eigenvalue weighted by molar-refractivity contribution is -0.129. The molecule has 0 radical (unpaired) electrons. The molecule has 2 rings (SSSR count). The van der Waals surface area contributed by atoms with Gasteiger partial charge in [0.25, 0.3) is 0 Å². The largest absolute Gasteiger partial charge is 0.340 e. The fourth-order valence-corrected chi connectivity index (χ4v) is 3.68. The van der Waals surface area contributed by atoms with E-state index >= 15 is 0 Å². The first-order chi connectivity index (χ1) is 11.5. The molecule has 0 saturated heterocycles. The summed E-state index contributed by atoms with van der Waals surface area (Å²) in [4.78, 5) is 27.2. The van der Waals surface area contributed by atoms with Crippen LogP contribution in [0.15, 0.2) is 41.8 Å². The quantitative estimate of drug-likeness (QED) is 0.815. The van der Waals surface area contributed by atoms with E-state index in [4.69, 9.17) is 0 Å². The highest BCUT2D eigenvalue weighted by molar-refractivity contribution is 8.01. The molecular weight excluding hydrogens is 340 g/mol. The molecule has 2 amide bonds. The van der Waals surface area contributed by atoms with E-state index in [0.29, 0.717) is 6.54 Å². The number of amides is 2. The van der Waals surface area contributed by atoms with Crippen LogP contribution in [0.5, 0.6) is 0 Å². The molecule has 2 aromatic rings. The van der Waals surface area contributed by atoms with Gasteiger partial charge in [-0.05, 0) is 37.4 Å². The maximum Gasteiger partial charge on any atom is 0.235 e. The summed E-state index contributed by atoms with van der Waals surface area (Å²) in [5.74, 6) is 0.203. The molecule has 1 aromatic heterocycles. The van der Waals surface area contributed by atoms with Crippen LogP contribution < -0.4 is 5.32 Å². The summed E-state index contributed by atoms with van der Waals surface area (Å²) in [7, 11) is 1.80. The third kappa shape index (κ3) is 5.69. The fourth-order valence-electron chi connectivity index (χ4n) is 2.13. The lowest BCUT2D eigenvalue weighted by atomic mass is 10.2. The minimum atomic E-state index is -0.251. The van der Waals surface area contributed by atoms with Crippen LogP contribution in [-0.4, -0.2) is 34.8 Å². The van der Waals surface area contributed by atoms with Gasteiger partial charge in [-0.1, -0.05) is 23.8 Å². The molecule has 0 aliphatic rings. The number of hydrogen-bond donors (Lipinski definition) is 1. The Labute approximate surface area is 151 Å². The summed E-state index contributed by atoms with van der Waals surface area (Å²) < 4.78 is 0. The van der Waals surface area contributed by atoms with Gasteiger partial charge in [0.05, 0.1) is 17.5 Å². The maximum absolute atomic E-state index is 12.4. The van der Waals surface area contributed by atoms with Crippen LogP contribution in [-0.2, 0) is 16.1 Å². The van der Waals surface area contributed by atoms with Gasteiger partial charge in [0.1, 0.15) is 0 Å². The normalized spacial score (nSPS) is 11.8. The maximum atomic E-state index is 12.4. The average Bonchev–Trinajstić information content (AvgIpc) is 3.07. The number of carbonyl (C=O) groups is 2. The number of anilines is 1. The van der Waals surface area contributed by atoms with Gasteiger partial charge in [-0.2, -0.15) is 0 Å². The van der Waals surface area contributed by atoms with Crippen LogP contribution in [0, 0.1) is 6.92 Å². The Morgan fingerprint density at radius 1 is 1.25 bits per heavy atom. The topological polar surface area (TPSA) is 49.4 Å². The van der Waals surface area contributed by atoms with Crippen molar-refractivity contribution in [3.63, 3.8) is 0 Å². The molecule has 24 heavy (non-hydrogen) atoms. The average molecular weight is 363 g/mol. The Bertz CT molecular complexity index is 669. The molecule has 128 valence electrons. The van der Waals surface area contributed by atoms with Crippen molar-refractivity contribution in [1.82, 2.24) is 4.90 Å². The molecule has 0 bridgehead atoms. The number of thioether (sulfide) groups is 1. The van der Waals surface area contributed by atoms with Gasteiger partial charge >= 0.3 is 0 Å². The first kappa shape index (κ1) is 18.5. The molecule has 1 atom stereocenters. The van der Waals surface area contributed by atoms with E-state index in [0.717, 1.165) is 16.1 Å². The zero-order valence-corrected chi connectivity index (χ0v) is 15.7. The third-order valence-electron chi connectivity index (χ3n) is 3.50. The second-order valence-electron chi connectivity index (χ2n) is 5.64. The highest BCUT2D eigenvalue weighted by atomic mass is 32.2. The van der Waals surface area contributed by atoms with Crippen molar-refractivity contribution in [3.8, 4) is 0 Å². The minimum absolute atomic E-state index is 0.0385.